The van der Waals surface area contributed by atoms with Crippen molar-refractivity contribution in [2.75, 3.05) is 0 Å². The van der Waals surface area contributed by atoms with E-state index in [0.717, 1.165) is 41.0 Å². The van der Waals surface area contributed by atoms with Crippen LogP contribution in [0, 0.1) is 0 Å². The molecule has 2 aliphatic heterocycles. The van der Waals surface area contributed by atoms with Gasteiger partial charge in [0.25, 0.3) is 0 Å². The quantitative estimate of drug-likeness (QED) is 0.582. The van der Waals surface area contributed by atoms with Crippen molar-refractivity contribution in [3.8, 4) is 0 Å². The van der Waals surface area contributed by atoms with Gasteiger partial charge in [0.2, 0.25) is 0 Å². The van der Waals surface area contributed by atoms with Gasteiger partial charge in [0.1, 0.15) is 0 Å². The highest BCUT2D eigenvalue weighted by molar-refractivity contribution is 5.25. The molecule has 68 valence electrons. The Hall–Kier alpha value is -1.07. The van der Waals surface area contributed by atoms with E-state index in [9.17, 15) is 4.48 Å². The van der Waals surface area contributed by atoms with Gasteiger partial charge in [0.05, 0.1) is 35.9 Å². The van der Waals surface area contributed by atoms with Crippen molar-refractivity contribution in [3.63, 3.8) is 0 Å². The monoisotopic (exact) mass is 180 g/mol. The summed E-state index contributed by atoms with van der Waals surface area (Å²) in [5.74, 6) is 0. The Morgan fingerprint density at radius 3 is 2.08 bits per heavy atom. The first-order valence-electron chi connectivity index (χ1n) is 4.32. The van der Waals surface area contributed by atoms with Gasteiger partial charge in [-0.1, -0.05) is 0 Å². The van der Waals surface area contributed by atoms with Gasteiger partial charge in [0.15, 0.2) is 0 Å². The van der Waals surface area contributed by atoms with E-state index >= 15 is 0 Å². The molecule has 1 aromatic heterocycles. The van der Waals surface area contributed by atoms with Gasteiger partial charge in [0, 0.05) is 13.1 Å². The van der Waals surface area contributed by atoms with Crippen molar-refractivity contribution in [3.05, 3.63) is 22.8 Å². The van der Waals surface area contributed by atoms with Crippen LogP contribution in [0.15, 0.2) is 0 Å². The fraction of sp³-hybridized carbons (Fsp3) is 0.500. The number of aromatic nitrogens is 2. The van der Waals surface area contributed by atoms with E-state index in [0.29, 0.717) is 0 Å². The third kappa shape index (κ3) is 1.04. The fourth-order valence-electron chi connectivity index (χ4n) is 1.80. The Labute approximate surface area is 74.7 Å². The summed E-state index contributed by atoms with van der Waals surface area (Å²) in [6.45, 7) is 2.11. The standard InChI is InChI=1S/C8H9FN4/c9-13-3-7-8(4-13)12-6-2-10-1-5(6)11-7/h10H,1-4H2. The summed E-state index contributed by atoms with van der Waals surface area (Å²) < 4.78 is 12.8. The van der Waals surface area contributed by atoms with Gasteiger partial charge in [-0.3, -0.25) is 9.97 Å². The van der Waals surface area contributed by atoms with Crippen molar-refractivity contribution in [1.82, 2.24) is 20.4 Å². The molecule has 0 saturated heterocycles. The van der Waals surface area contributed by atoms with Crippen LogP contribution in [0.4, 0.5) is 4.48 Å². The van der Waals surface area contributed by atoms with E-state index in [1.807, 2.05) is 0 Å². The van der Waals surface area contributed by atoms with E-state index in [1.165, 1.54) is 0 Å². The average molecular weight is 180 g/mol. The molecule has 0 fully saturated rings. The summed E-state index contributed by atoms with van der Waals surface area (Å²) in [5.41, 5.74) is 3.55. The van der Waals surface area contributed by atoms with Gasteiger partial charge in [-0.25, -0.2) is 0 Å². The molecule has 0 amide bonds. The van der Waals surface area contributed by atoms with Crippen molar-refractivity contribution in [1.29, 1.82) is 0 Å². The molecule has 13 heavy (non-hydrogen) atoms. The van der Waals surface area contributed by atoms with Crippen LogP contribution in [0.3, 0.4) is 0 Å². The maximum absolute atomic E-state index is 12.8. The Bertz CT molecular complexity index is 332. The van der Waals surface area contributed by atoms with Gasteiger partial charge in [-0.2, -0.15) is 0 Å². The molecule has 3 rings (SSSR count). The third-order valence-electron chi connectivity index (χ3n) is 2.43. The molecule has 0 aliphatic carbocycles. The predicted octanol–water partition coefficient (Wildman–Crippen LogP) is 0.280. The topological polar surface area (TPSA) is 41.1 Å². The first-order valence-corrected chi connectivity index (χ1v) is 4.32. The maximum Gasteiger partial charge on any atom is 0.0804 e. The molecule has 0 aromatic carbocycles. The third-order valence-corrected chi connectivity index (χ3v) is 2.43. The second-order valence-electron chi connectivity index (χ2n) is 3.39. The number of halogens is 1. The molecular weight excluding hydrogens is 171 g/mol. The molecule has 4 nitrogen and oxygen atoms in total. The lowest BCUT2D eigenvalue weighted by Crippen LogP contribution is -2.03. The molecule has 0 unspecified atom stereocenters. The largest absolute Gasteiger partial charge is 0.305 e. The Morgan fingerprint density at radius 1 is 1.00 bits per heavy atom. The Morgan fingerprint density at radius 2 is 1.54 bits per heavy atom. The van der Waals surface area contributed by atoms with E-state index in [2.05, 4.69) is 15.3 Å². The normalized spacial score (nSPS) is 20.4. The lowest BCUT2D eigenvalue weighted by atomic mass is 10.3. The maximum atomic E-state index is 12.8. The van der Waals surface area contributed by atoms with Crippen LogP contribution in [-0.2, 0) is 26.2 Å². The molecule has 1 aromatic rings. The zero-order chi connectivity index (χ0) is 8.84. The van der Waals surface area contributed by atoms with Crippen LogP contribution in [0.1, 0.15) is 22.8 Å². The minimum atomic E-state index is 0.287. The number of fused-ring (bicyclic) bond motifs is 2. The fourth-order valence-corrected chi connectivity index (χ4v) is 1.80. The summed E-state index contributed by atoms with van der Waals surface area (Å²) in [5, 5.41) is 3.91. The molecule has 0 bridgehead atoms. The number of rotatable bonds is 0. The number of hydrogen-bond acceptors (Lipinski definition) is 4. The van der Waals surface area contributed by atoms with Crippen molar-refractivity contribution in [2.24, 2.45) is 0 Å². The van der Waals surface area contributed by atoms with Crippen LogP contribution < -0.4 is 5.32 Å². The molecular formula is C8H9FN4. The van der Waals surface area contributed by atoms with Crippen molar-refractivity contribution < 1.29 is 4.48 Å². The van der Waals surface area contributed by atoms with Gasteiger partial charge < -0.3 is 5.32 Å². The lowest BCUT2D eigenvalue weighted by Gasteiger charge is -1.99. The van der Waals surface area contributed by atoms with Crippen LogP contribution >= 0.6 is 0 Å². The second kappa shape index (κ2) is 2.46. The molecule has 0 atom stereocenters. The van der Waals surface area contributed by atoms with Crippen molar-refractivity contribution >= 4 is 0 Å². The van der Waals surface area contributed by atoms with Crippen LogP contribution in [0.25, 0.3) is 0 Å². The van der Waals surface area contributed by atoms with Gasteiger partial charge in [-0.05, 0) is 0 Å². The van der Waals surface area contributed by atoms with E-state index in [-0.39, 0.29) is 13.1 Å². The Kier molecular flexibility index (Phi) is 1.39. The van der Waals surface area contributed by atoms with Crippen LogP contribution in [0.2, 0.25) is 0 Å². The van der Waals surface area contributed by atoms with Gasteiger partial charge in [-0.15, -0.1) is 9.60 Å². The first kappa shape index (κ1) is 7.34. The number of hydrogen-bond donors (Lipinski definition) is 1. The molecule has 1 N–H and O–H groups in total. The minimum absolute atomic E-state index is 0.287. The molecule has 0 spiro atoms. The molecule has 5 heteroatoms. The summed E-state index contributed by atoms with van der Waals surface area (Å²) >= 11 is 0. The first-order chi connectivity index (χ1) is 6.33. The zero-order valence-electron chi connectivity index (χ0n) is 7.05. The second-order valence-corrected chi connectivity index (χ2v) is 3.39. The van der Waals surface area contributed by atoms with Crippen LogP contribution in [-0.4, -0.2) is 15.1 Å². The number of nitrogens with one attached hydrogen (secondary N) is 1. The van der Waals surface area contributed by atoms with E-state index < -0.39 is 0 Å². The molecule has 0 radical (unpaired) electrons. The summed E-state index contributed by atoms with van der Waals surface area (Å²) in [6, 6.07) is 0. The van der Waals surface area contributed by atoms with E-state index in [1.54, 1.807) is 0 Å². The number of nitrogens with zero attached hydrogens (tertiary/aromatic N) is 3. The van der Waals surface area contributed by atoms with Gasteiger partial charge >= 0.3 is 0 Å². The van der Waals surface area contributed by atoms with E-state index in [4.69, 9.17) is 0 Å². The molecule has 3 heterocycles. The lowest BCUT2D eigenvalue weighted by molar-refractivity contribution is 0.0198. The average Bonchev–Trinajstić information content (AvgIpc) is 2.63. The summed E-state index contributed by atoms with van der Waals surface area (Å²) in [7, 11) is 0. The summed E-state index contributed by atoms with van der Waals surface area (Å²) in [6.07, 6.45) is 0. The molecule has 2 aliphatic rings. The minimum Gasteiger partial charge on any atom is -0.305 e. The Balaban J connectivity index is 2.10. The predicted molar refractivity (Wildman–Crippen MR) is 42.9 cm³/mol. The highest BCUT2D eigenvalue weighted by atomic mass is 19.2. The smallest absolute Gasteiger partial charge is 0.0804 e. The highest BCUT2D eigenvalue weighted by Crippen LogP contribution is 2.22. The summed E-state index contributed by atoms with van der Waals surface area (Å²) in [4.78, 5) is 8.76. The SMILES string of the molecule is FN1Cc2nc3c(nc2C1)CNC3. The molecule has 0 saturated carbocycles. The zero-order valence-corrected chi connectivity index (χ0v) is 7.05. The van der Waals surface area contributed by atoms with Crippen LogP contribution in [0.5, 0.6) is 0 Å². The highest BCUT2D eigenvalue weighted by Gasteiger charge is 2.25. The van der Waals surface area contributed by atoms with Crippen molar-refractivity contribution in [2.45, 2.75) is 26.2 Å².